The first kappa shape index (κ1) is 15.5. The zero-order valence-electron chi connectivity index (χ0n) is 12.9. The third kappa shape index (κ3) is 3.60. The van der Waals surface area contributed by atoms with Gasteiger partial charge in [-0.2, -0.15) is 0 Å². The monoisotopic (exact) mass is 293 g/mol. The number of ether oxygens (including phenoxy) is 3. The minimum Gasteiger partial charge on any atom is -0.493 e. The highest BCUT2D eigenvalue weighted by Gasteiger charge is 2.29. The molecule has 1 aromatic rings. The van der Waals surface area contributed by atoms with E-state index in [4.69, 9.17) is 14.2 Å². The maximum absolute atomic E-state index is 11.9. The molecule has 1 aromatic carbocycles. The Morgan fingerprint density at radius 2 is 2.05 bits per heavy atom. The van der Waals surface area contributed by atoms with Crippen molar-refractivity contribution in [2.45, 2.75) is 32.2 Å². The van der Waals surface area contributed by atoms with Crippen molar-refractivity contribution in [1.82, 2.24) is 4.90 Å². The van der Waals surface area contributed by atoms with Gasteiger partial charge in [0, 0.05) is 12.6 Å². The molecule has 0 aromatic heterocycles. The van der Waals surface area contributed by atoms with E-state index < -0.39 is 0 Å². The molecule has 21 heavy (non-hydrogen) atoms. The second-order valence-corrected chi connectivity index (χ2v) is 5.08. The molecule has 0 saturated carbocycles. The minimum absolute atomic E-state index is 0.196. The summed E-state index contributed by atoms with van der Waals surface area (Å²) < 4.78 is 15.7. The lowest BCUT2D eigenvalue weighted by Crippen LogP contribution is -2.37. The SMILES string of the molecule is CCOC(=O)N1CCCC1Cc1ccc(OC)c(OC)c1. The number of nitrogens with zero attached hydrogens (tertiary/aromatic N) is 1. The van der Waals surface area contributed by atoms with Gasteiger partial charge in [0.25, 0.3) is 0 Å². The second kappa shape index (κ2) is 7.20. The van der Waals surface area contributed by atoms with E-state index in [2.05, 4.69) is 0 Å². The van der Waals surface area contributed by atoms with E-state index in [1.807, 2.05) is 30.0 Å². The van der Waals surface area contributed by atoms with Gasteiger partial charge in [-0.15, -0.1) is 0 Å². The number of likely N-dealkylation sites (tertiary alicyclic amines) is 1. The zero-order valence-corrected chi connectivity index (χ0v) is 12.9. The molecular weight excluding hydrogens is 270 g/mol. The van der Waals surface area contributed by atoms with Crippen LogP contribution in [-0.2, 0) is 11.2 Å². The lowest BCUT2D eigenvalue weighted by atomic mass is 10.0. The largest absolute Gasteiger partial charge is 0.493 e. The molecule has 0 N–H and O–H groups in total. The lowest BCUT2D eigenvalue weighted by Gasteiger charge is -2.24. The van der Waals surface area contributed by atoms with E-state index in [9.17, 15) is 4.79 Å². The summed E-state index contributed by atoms with van der Waals surface area (Å²) in [4.78, 5) is 13.8. The molecule has 1 unspecified atom stereocenters. The Balaban J connectivity index is 2.08. The van der Waals surface area contributed by atoms with E-state index in [0.29, 0.717) is 6.61 Å². The van der Waals surface area contributed by atoms with Crippen LogP contribution in [0, 0.1) is 0 Å². The molecule has 1 amide bonds. The number of amides is 1. The van der Waals surface area contributed by atoms with Crippen molar-refractivity contribution in [2.75, 3.05) is 27.4 Å². The molecule has 1 aliphatic heterocycles. The van der Waals surface area contributed by atoms with Crippen molar-refractivity contribution >= 4 is 6.09 Å². The van der Waals surface area contributed by atoms with Gasteiger partial charge in [-0.05, 0) is 43.9 Å². The predicted octanol–water partition coefficient (Wildman–Crippen LogP) is 2.87. The zero-order chi connectivity index (χ0) is 15.2. The quantitative estimate of drug-likeness (QED) is 0.837. The van der Waals surface area contributed by atoms with Crippen molar-refractivity contribution in [3.63, 3.8) is 0 Å². The molecule has 1 heterocycles. The molecule has 116 valence electrons. The van der Waals surface area contributed by atoms with E-state index >= 15 is 0 Å². The van der Waals surface area contributed by atoms with Gasteiger partial charge in [0.1, 0.15) is 0 Å². The minimum atomic E-state index is -0.208. The molecular formula is C16H23NO4. The number of carbonyl (C=O) groups excluding carboxylic acids is 1. The highest BCUT2D eigenvalue weighted by atomic mass is 16.6. The normalized spacial score (nSPS) is 17.7. The topological polar surface area (TPSA) is 48.0 Å². The Hall–Kier alpha value is -1.91. The summed E-state index contributed by atoms with van der Waals surface area (Å²) in [7, 11) is 3.25. The van der Waals surface area contributed by atoms with Crippen molar-refractivity contribution in [3.05, 3.63) is 23.8 Å². The van der Waals surface area contributed by atoms with Crippen molar-refractivity contribution < 1.29 is 19.0 Å². The van der Waals surface area contributed by atoms with Gasteiger partial charge < -0.3 is 19.1 Å². The summed E-state index contributed by atoms with van der Waals surface area (Å²) in [5, 5.41) is 0. The van der Waals surface area contributed by atoms with Gasteiger partial charge in [0.2, 0.25) is 0 Å². The number of rotatable bonds is 5. The van der Waals surface area contributed by atoms with Crippen molar-refractivity contribution in [3.8, 4) is 11.5 Å². The second-order valence-electron chi connectivity index (χ2n) is 5.08. The number of benzene rings is 1. The maximum atomic E-state index is 11.9. The Kier molecular flexibility index (Phi) is 5.31. The highest BCUT2D eigenvalue weighted by molar-refractivity contribution is 5.68. The first-order valence-corrected chi connectivity index (χ1v) is 7.33. The fourth-order valence-corrected chi connectivity index (χ4v) is 2.77. The number of hydrogen-bond donors (Lipinski definition) is 0. The predicted molar refractivity (Wildman–Crippen MR) is 80.0 cm³/mol. The van der Waals surface area contributed by atoms with Gasteiger partial charge >= 0.3 is 6.09 Å². The van der Waals surface area contributed by atoms with Gasteiger partial charge in [0.15, 0.2) is 11.5 Å². The van der Waals surface area contributed by atoms with Gasteiger partial charge in [0.05, 0.1) is 20.8 Å². The van der Waals surface area contributed by atoms with E-state index in [-0.39, 0.29) is 12.1 Å². The van der Waals surface area contributed by atoms with Crippen LogP contribution in [0.1, 0.15) is 25.3 Å². The standard InChI is InChI=1S/C16H23NO4/c1-4-21-16(18)17-9-5-6-13(17)10-12-7-8-14(19-2)15(11-12)20-3/h7-8,11,13H,4-6,9-10H2,1-3H3. The summed E-state index contributed by atoms with van der Waals surface area (Å²) in [5.74, 6) is 1.44. The van der Waals surface area contributed by atoms with Crippen LogP contribution in [0.15, 0.2) is 18.2 Å². The molecule has 0 radical (unpaired) electrons. The molecule has 5 nitrogen and oxygen atoms in total. The first-order chi connectivity index (χ1) is 10.2. The van der Waals surface area contributed by atoms with Crippen LogP contribution in [0.3, 0.4) is 0 Å². The van der Waals surface area contributed by atoms with E-state index in [0.717, 1.165) is 42.9 Å². The fourth-order valence-electron chi connectivity index (χ4n) is 2.77. The summed E-state index contributed by atoms with van der Waals surface area (Å²) in [6, 6.07) is 6.09. The molecule has 1 aliphatic rings. The van der Waals surface area contributed by atoms with Crippen LogP contribution in [0.2, 0.25) is 0 Å². The maximum Gasteiger partial charge on any atom is 0.410 e. The van der Waals surface area contributed by atoms with Crippen LogP contribution >= 0.6 is 0 Å². The highest BCUT2D eigenvalue weighted by Crippen LogP contribution is 2.30. The van der Waals surface area contributed by atoms with Gasteiger partial charge in [-0.1, -0.05) is 6.07 Å². The molecule has 0 bridgehead atoms. The molecule has 1 fully saturated rings. The number of hydrogen-bond acceptors (Lipinski definition) is 4. The van der Waals surface area contributed by atoms with Crippen LogP contribution in [0.4, 0.5) is 4.79 Å². The molecule has 0 aliphatic carbocycles. The first-order valence-electron chi connectivity index (χ1n) is 7.33. The summed E-state index contributed by atoms with van der Waals surface area (Å²) in [6.07, 6.45) is 2.63. The summed E-state index contributed by atoms with van der Waals surface area (Å²) in [6.45, 7) is 3.02. The average Bonchev–Trinajstić information content (AvgIpc) is 2.95. The third-order valence-corrected chi connectivity index (χ3v) is 3.80. The number of methoxy groups -OCH3 is 2. The third-order valence-electron chi connectivity index (χ3n) is 3.80. The van der Waals surface area contributed by atoms with Gasteiger partial charge in [-0.25, -0.2) is 4.79 Å². The summed E-state index contributed by atoms with van der Waals surface area (Å²) in [5.41, 5.74) is 1.13. The van der Waals surface area contributed by atoms with Crippen LogP contribution in [-0.4, -0.2) is 44.4 Å². The van der Waals surface area contributed by atoms with Crippen molar-refractivity contribution in [1.29, 1.82) is 0 Å². The van der Waals surface area contributed by atoms with Crippen LogP contribution in [0.5, 0.6) is 11.5 Å². The molecule has 1 atom stereocenters. The average molecular weight is 293 g/mol. The molecule has 5 heteroatoms. The Morgan fingerprint density at radius 3 is 2.71 bits per heavy atom. The molecule has 2 rings (SSSR count). The van der Waals surface area contributed by atoms with Crippen LogP contribution in [0.25, 0.3) is 0 Å². The molecule has 0 spiro atoms. The fraction of sp³-hybridized carbons (Fsp3) is 0.562. The lowest BCUT2D eigenvalue weighted by molar-refractivity contribution is 0.103. The van der Waals surface area contributed by atoms with E-state index in [1.54, 1.807) is 14.2 Å². The Labute approximate surface area is 125 Å². The number of carbonyl (C=O) groups is 1. The van der Waals surface area contributed by atoms with Crippen molar-refractivity contribution in [2.24, 2.45) is 0 Å². The Morgan fingerprint density at radius 1 is 1.29 bits per heavy atom. The smallest absolute Gasteiger partial charge is 0.410 e. The Bertz CT molecular complexity index is 489. The van der Waals surface area contributed by atoms with Gasteiger partial charge in [-0.3, -0.25) is 0 Å². The van der Waals surface area contributed by atoms with E-state index in [1.165, 1.54) is 0 Å². The van der Waals surface area contributed by atoms with Crippen LogP contribution < -0.4 is 9.47 Å². The summed E-state index contributed by atoms with van der Waals surface area (Å²) >= 11 is 0. The molecule has 1 saturated heterocycles.